The number of benzene rings is 1. The minimum atomic E-state index is -1.24. The Hall–Kier alpha value is -2.12. The largest absolute Gasteiger partial charge is 0.481 e. The van der Waals surface area contributed by atoms with Crippen LogP contribution < -0.4 is 5.32 Å². The van der Waals surface area contributed by atoms with Gasteiger partial charge in [-0.25, -0.2) is 0 Å². The van der Waals surface area contributed by atoms with E-state index in [1.54, 1.807) is 12.2 Å². The van der Waals surface area contributed by atoms with Gasteiger partial charge in [0.2, 0.25) is 5.91 Å². The third kappa shape index (κ3) is 5.02. The molecule has 0 aromatic heterocycles. The van der Waals surface area contributed by atoms with Crippen molar-refractivity contribution < 1.29 is 24.4 Å². The van der Waals surface area contributed by atoms with E-state index in [1.807, 2.05) is 30.3 Å². The zero-order chi connectivity index (χ0) is 15.9. The fourth-order valence-electron chi connectivity index (χ4n) is 2.27. The lowest BCUT2D eigenvalue weighted by Gasteiger charge is -2.20. The van der Waals surface area contributed by atoms with Crippen LogP contribution in [0.1, 0.15) is 18.4 Å². The van der Waals surface area contributed by atoms with Gasteiger partial charge >= 0.3 is 13.1 Å². The van der Waals surface area contributed by atoms with E-state index in [0.29, 0.717) is 6.42 Å². The van der Waals surface area contributed by atoms with Gasteiger partial charge in [-0.2, -0.15) is 0 Å². The van der Waals surface area contributed by atoms with Crippen LogP contribution in [0.3, 0.4) is 0 Å². The molecule has 0 aliphatic carbocycles. The molecule has 0 saturated carbocycles. The minimum Gasteiger partial charge on any atom is -0.481 e. The van der Waals surface area contributed by atoms with Crippen molar-refractivity contribution >= 4 is 19.0 Å². The maximum atomic E-state index is 12.0. The van der Waals surface area contributed by atoms with Crippen LogP contribution in [0, 0.1) is 0 Å². The molecule has 2 rings (SSSR count). The number of carbonyl (C=O) groups excluding carboxylic acids is 1. The maximum Gasteiger partial charge on any atom is 0.478 e. The van der Waals surface area contributed by atoms with Crippen molar-refractivity contribution in [2.24, 2.45) is 0 Å². The second-order valence-corrected chi connectivity index (χ2v) is 5.16. The molecule has 116 valence electrons. The number of amides is 1. The van der Waals surface area contributed by atoms with Crippen LogP contribution in [-0.4, -0.2) is 41.2 Å². The van der Waals surface area contributed by atoms with Crippen LogP contribution in [0.4, 0.5) is 0 Å². The van der Waals surface area contributed by atoms with Gasteiger partial charge in [-0.05, 0) is 12.0 Å². The Labute approximate surface area is 128 Å². The van der Waals surface area contributed by atoms with E-state index >= 15 is 0 Å². The molecule has 1 aliphatic rings. The summed E-state index contributed by atoms with van der Waals surface area (Å²) in [7, 11) is -1.24. The van der Waals surface area contributed by atoms with Gasteiger partial charge in [0.15, 0.2) is 0 Å². The summed E-state index contributed by atoms with van der Waals surface area (Å²) in [4.78, 5) is 22.7. The molecule has 0 saturated heterocycles. The molecule has 0 spiro atoms. The molecule has 0 radical (unpaired) electrons. The average Bonchev–Trinajstić information content (AvgIpc) is 2.61. The highest BCUT2D eigenvalue weighted by atomic mass is 16.5. The van der Waals surface area contributed by atoms with Crippen molar-refractivity contribution in [3.8, 4) is 0 Å². The van der Waals surface area contributed by atoms with Crippen molar-refractivity contribution in [1.82, 2.24) is 5.32 Å². The summed E-state index contributed by atoms with van der Waals surface area (Å²) in [5, 5.41) is 21.4. The highest BCUT2D eigenvalue weighted by Crippen LogP contribution is 2.12. The van der Waals surface area contributed by atoms with E-state index < -0.39 is 25.1 Å². The van der Waals surface area contributed by atoms with Gasteiger partial charge < -0.3 is 20.1 Å². The number of nitrogens with one attached hydrogen (secondary N) is 1. The van der Waals surface area contributed by atoms with Gasteiger partial charge in [0, 0.05) is 0 Å². The lowest BCUT2D eigenvalue weighted by molar-refractivity contribution is -0.138. The summed E-state index contributed by atoms with van der Waals surface area (Å²) in [6.07, 6.45) is 3.00. The molecular formula is C15H18BNO5. The van der Waals surface area contributed by atoms with Crippen molar-refractivity contribution in [2.45, 2.75) is 31.3 Å². The molecule has 22 heavy (non-hydrogen) atoms. The highest BCUT2D eigenvalue weighted by Gasteiger charge is 2.32. The fraction of sp³-hybridized carbons (Fsp3) is 0.333. The van der Waals surface area contributed by atoms with E-state index in [9.17, 15) is 14.6 Å². The minimum absolute atomic E-state index is 0.215. The molecule has 2 unspecified atom stereocenters. The Morgan fingerprint density at radius 3 is 2.73 bits per heavy atom. The van der Waals surface area contributed by atoms with E-state index in [1.165, 1.54) is 0 Å². The van der Waals surface area contributed by atoms with Gasteiger partial charge in [-0.1, -0.05) is 42.5 Å². The monoisotopic (exact) mass is 303 g/mol. The number of carboxylic acid groups (broad SMARTS) is 1. The summed E-state index contributed by atoms with van der Waals surface area (Å²) >= 11 is 0. The third-order valence-electron chi connectivity index (χ3n) is 3.33. The first-order valence-electron chi connectivity index (χ1n) is 7.10. The van der Waals surface area contributed by atoms with Crippen molar-refractivity contribution in [1.29, 1.82) is 0 Å². The molecule has 0 bridgehead atoms. The van der Waals surface area contributed by atoms with Gasteiger partial charge in [0.05, 0.1) is 24.9 Å². The molecule has 2 atom stereocenters. The predicted octanol–water partition coefficient (Wildman–Crippen LogP) is 0.553. The van der Waals surface area contributed by atoms with Crippen LogP contribution in [0.2, 0.25) is 0 Å². The molecule has 1 aromatic rings. The lowest BCUT2D eigenvalue weighted by Crippen LogP contribution is -2.48. The maximum absolute atomic E-state index is 12.0. The van der Waals surface area contributed by atoms with E-state index in [-0.39, 0.29) is 18.7 Å². The van der Waals surface area contributed by atoms with Gasteiger partial charge in [0.1, 0.15) is 0 Å². The van der Waals surface area contributed by atoms with Crippen LogP contribution in [0.15, 0.2) is 42.5 Å². The topological polar surface area (TPSA) is 95.9 Å². The van der Waals surface area contributed by atoms with Crippen molar-refractivity contribution in [3.63, 3.8) is 0 Å². The summed E-state index contributed by atoms with van der Waals surface area (Å²) in [6, 6.07) is 9.28. The summed E-state index contributed by atoms with van der Waals surface area (Å²) in [6.45, 7) is 0. The third-order valence-corrected chi connectivity index (χ3v) is 3.33. The normalized spacial score (nSPS) is 21.2. The Balaban J connectivity index is 1.88. The van der Waals surface area contributed by atoms with Crippen LogP contribution in [0.5, 0.6) is 0 Å². The molecule has 1 amide bonds. The lowest BCUT2D eigenvalue weighted by atomic mass is 9.77. The van der Waals surface area contributed by atoms with Gasteiger partial charge in [-0.3, -0.25) is 9.59 Å². The smallest absolute Gasteiger partial charge is 0.478 e. The molecule has 3 N–H and O–H groups in total. The fourth-order valence-corrected chi connectivity index (χ4v) is 2.27. The average molecular weight is 303 g/mol. The Morgan fingerprint density at radius 1 is 1.32 bits per heavy atom. The quantitative estimate of drug-likeness (QED) is 0.545. The molecular weight excluding hydrogens is 285 g/mol. The molecule has 1 aromatic carbocycles. The molecule has 6 nitrogen and oxygen atoms in total. The first-order valence-corrected chi connectivity index (χ1v) is 7.10. The Bertz CT molecular complexity index is 548. The summed E-state index contributed by atoms with van der Waals surface area (Å²) < 4.78 is 5.26. The van der Waals surface area contributed by atoms with E-state index in [4.69, 9.17) is 9.76 Å². The van der Waals surface area contributed by atoms with E-state index in [2.05, 4.69) is 5.32 Å². The Kier molecular flexibility index (Phi) is 5.74. The van der Waals surface area contributed by atoms with Crippen molar-refractivity contribution in [2.75, 3.05) is 0 Å². The van der Waals surface area contributed by atoms with Crippen LogP contribution >= 0.6 is 0 Å². The SMILES string of the molecule is O=C(O)CC1C=CCC(NC(=O)Cc2ccccc2)B(O)O1. The molecule has 1 aliphatic heterocycles. The summed E-state index contributed by atoms with van der Waals surface area (Å²) in [5.41, 5.74) is 0.878. The van der Waals surface area contributed by atoms with Crippen molar-refractivity contribution in [3.05, 3.63) is 48.0 Å². The zero-order valence-corrected chi connectivity index (χ0v) is 12.0. The highest BCUT2D eigenvalue weighted by molar-refractivity contribution is 6.45. The first-order chi connectivity index (χ1) is 10.5. The first kappa shape index (κ1) is 16.3. The molecule has 7 heteroatoms. The van der Waals surface area contributed by atoms with E-state index in [0.717, 1.165) is 5.56 Å². The number of hydrogen-bond acceptors (Lipinski definition) is 4. The van der Waals surface area contributed by atoms with Crippen LogP contribution in [-0.2, 0) is 20.7 Å². The molecule has 1 heterocycles. The van der Waals surface area contributed by atoms with Gasteiger partial charge in [0.25, 0.3) is 0 Å². The standard InChI is InChI=1S/C15H18BNO5/c18-14(9-11-5-2-1-3-6-11)17-13-8-4-7-12(10-15(19)20)22-16(13)21/h1-7,12-13,21H,8-10H2,(H,17,18)(H,19,20). The number of carbonyl (C=O) groups is 2. The molecule has 0 fully saturated rings. The second kappa shape index (κ2) is 7.77. The number of carboxylic acids is 1. The number of aliphatic carboxylic acids is 1. The second-order valence-electron chi connectivity index (χ2n) is 5.16. The Morgan fingerprint density at radius 2 is 2.05 bits per heavy atom. The summed E-state index contributed by atoms with van der Waals surface area (Å²) in [5.74, 6) is -1.82. The number of hydrogen-bond donors (Lipinski definition) is 3. The van der Waals surface area contributed by atoms with Gasteiger partial charge in [-0.15, -0.1) is 0 Å². The predicted molar refractivity (Wildman–Crippen MR) is 80.9 cm³/mol. The number of rotatable bonds is 5. The van der Waals surface area contributed by atoms with Crippen LogP contribution in [0.25, 0.3) is 0 Å². The zero-order valence-electron chi connectivity index (χ0n) is 12.0.